The molecular weight excluding hydrogens is 290 g/mol. The molecule has 0 saturated carbocycles. The van der Waals surface area contributed by atoms with Gasteiger partial charge in [-0.25, -0.2) is 4.79 Å². The molecule has 1 aromatic rings. The Morgan fingerprint density at radius 3 is 2.70 bits per heavy atom. The highest BCUT2D eigenvalue weighted by Crippen LogP contribution is 2.24. The van der Waals surface area contributed by atoms with Gasteiger partial charge in [-0.05, 0) is 49.3 Å². The minimum absolute atomic E-state index is 0.0928. The molecule has 23 heavy (non-hydrogen) atoms. The lowest BCUT2D eigenvalue weighted by Gasteiger charge is -2.20. The maximum atomic E-state index is 11.9. The fourth-order valence-electron chi connectivity index (χ4n) is 2.73. The monoisotopic (exact) mass is 313 g/mol. The number of terminal acetylenes is 1. The Kier molecular flexibility index (Phi) is 6.04. The van der Waals surface area contributed by atoms with Crippen LogP contribution in [0, 0.1) is 12.3 Å². The van der Waals surface area contributed by atoms with Gasteiger partial charge in [-0.15, -0.1) is 6.42 Å². The molecule has 122 valence electrons. The zero-order valence-electron chi connectivity index (χ0n) is 13.4. The number of benzene rings is 1. The Labute approximate surface area is 137 Å². The third kappa shape index (κ3) is 5.03. The van der Waals surface area contributed by atoms with Crippen molar-refractivity contribution in [3.8, 4) is 12.3 Å². The Morgan fingerprint density at radius 2 is 1.96 bits per heavy atom. The zero-order chi connectivity index (χ0) is 16.7. The van der Waals surface area contributed by atoms with Crippen molar-refractivity contribution in [2.75, 3.05) is 13.1 Å². The first kappa shape index (κ1) is 16.9. The van der Waals surface area contributed by atoms with Gasteiger partial charge in [-0.3, -0.25) is 4.79 Å². The SMILES string of the molecule is C#CCNC(=O)CNC(=O)N[C@@H](C)c1ccc2c(c1)CCCC2. The summed E-state index contributed by atoms with van der Waals surface area (Å²) in [6.45, 7) is 2.00. The van der Waals surface area contributed by atoms with E-state index in [-0.39, 0.29) is 31.1 Å². The number of fused-ring (bicyclic) bond motifs is 1. The Balaban J connectivity index is 1.84. The standard InChI is InChI=1S/C18H23N3O2/c1-3-10-19-17(22)12-20-18(23)21-13(2)15-9-8-14-6-4-5-7-16(14)11-15/h1,8-9,11,13H,4-7,10,12H2,2H3,(H,19,22)(H2,20,21,23)/t13-/m0/s1. The number of urea groups is 1. The molecular formula is C18H23N3O2. The molecule has 0 saturated heterocycles. The van der Waals surface area contributed by atoms with Gasteiger partial charge < -0.3 is 16.0 Å². The fourth-order valence-corrected chi connectivity index (χ4v) is 2.73. The maximum Gasteiger partial charge on any atom is 0.315 e. The molecule has 0 unspecified atom stereocenters. The second-order valence-electron chi connectivity index (χ2n) is 5.76. The van der Waals surface area contributed by atoms with Crippen molar-refractivity contribution in [1.82, 2.24) is 16.0 Å². The number of carbonyl (C=O) groups is 2. The van der Waals surface area contributed by atoms with Crippen LogP contribution in [0.2, 0.25) is 0 Å². The zero-order valence-corrected chi connectivity index (χ0v) is 13.4. The van der Waals surface area contributed by atoms with E-state index in [4.69, 9.17) is 6.42 Å². The van der Waals surface area contributed by atoms with Gasteiger partial charge in [0.05, 0.1) is 19.1 Å². The summed E-state index contributed by atoms with van der Waals surface area (Å²) in [6.07, 6.45) is 9.78. The second-order valence-corrected chi connectivity index (χ2v) is 5.76. The quantitative estimate of drug-likeness (QED) is 0.724. The van der Waals surface area contributed by atoms with Crippen LogP contribution in [0.15, 0.2) is 18.2 Å². The number of hydrogen-bond acceptors (Lipinski definition) is 2. The highest BCUT2D eigenvalue weighted by Gasteiger charge is 2.14. The molecule has 3 N–H and O–H groups in total. The van der Waals surface area contributed by atoms with Gasteiger partial charge in [0, 0.05) is 0 Å². The largest absolute Gasteiger partial charge is 0.344 e. The van der Waals surface area contributed by atoms with Crippen LogP contribution in [0.25, 0.3) is 0 Å². The van der Waals surface area contributed by atoms with Crippen LogP contribution in [0.4, 0.5) is 4.79 Å². The van der Waals surface area contributed by atoms with Gasteiger partial charge in [-0.1, -0.05) is 24.1 Å². The lowest BCUT2D eigenvalue weighted by atomic mass is 9.89. The second kappa shape index (κ2) is 8.23. The molecule has 3 amide bonds. The minimum atomic E-state index is -0.369. The number of amides is 3. The van der Waals surface area contributed by atoms with E-state index in [0.29, 0.717) is 0 Å². The van der Waals surface area contributed by atoms with Crippen molar-refractivity contribution in [2.24, 2.45) is 0 Å². The van der Waals surface area contributed by atoms with E-state index < -0.39 is 0 Å². The molecule has 0 fully saturated rings. The van der Waals surface area contributed by atoms with Gasteiger partial charge in [0.15, 0.2) is 0 Å². The molecule has 2 rings (SSSR count). The topological polar surface area (TPSA) is 70.2 Å². The molecule has 0 spiro atoms. The van der Waals surface area contributed by atoms with Crippen LogP contribution in [-0.2, 0) is 17.6 Å². The van der Waals surface area contributed by atoms with Gasteiger partial charge >= 0.3 is 6.03 Å². The maximum absolute atomic E-state index is 11.9. The van der Waals surface area contributed by atoms with E-state index in [2.05, 4.69) is 40.1 Å². The van der Waals surface area contributed by atoms with Crippen LogP contribution in [0.5, 0.6) is 0 Å². The van der Waals surface area contributed by atoms with Gasteiger partial charge in [-0.2, -0.15) is 0 Å². The number of hydrogen-bond donors (Lipinski definition) is 3. The molecule has 0 heterocycles. The summed E-state index contributed by atoms with van der Waals surface area (Å²) >= 11 is 0. The first-order valence-electron chi connectivity index (χ1n) is 7.96. The van der Waals surface area contributed by atoms with E-state index in [9.17, 15) is 9.59 Å². The normalized spacial score (nSPS) is 14.1. The summed E-state index contributed by atoms with van der Waals surface area (Å²) < 4.78 is 0. The summed E-state index contributed by atoms with van der Waals surface area (Å²) in [6, 6.07) is 5.92. The van der Waals surface area contributed by atoms with Crippen LogP contribution in [0.3, 0.4) is 0 Å². The molecule has 1 aliphatic carbocycles. The third-order valence-electron chi connectivity index (χ3n) is 4.02. The van der Waals surface area contributed by atoms with Crippen LogP contribution < -0.4 is 16.0 Å². The lowest BCUT2D eigenvalue weighted by molar-refractivity contribution is -0.119. The minimum Gasteiger partial charge on any atom is -0.344 e. The number of carbonyl (C=O) groups excluding carboxylic acids is 2. The van der Waals surface area contributed by atoms with Crippen LogP contribution >= 0.6 is 0 Å². The van der Waals surface area contributed by atoms with Gasteiger partial charge in [0.1, 0.15) is 0 Å². The smallest absolute Gasteiger partial charge is 0.315 e. The summed E-state index contributed by atoms with van der Waals surface area (Å²) in [5.74, 6) is 2.00. The van der Waals surface area contributed by atoms with E-state index in [1.54, 1.807) is 0 Å². The fraction of sp³-hybridized carbons (Fsp3) is 0.444. The third-order valence-corrected chi connectivity index (χ3v) is 4.02. The highest BCUT2D eigenvalue weighted by atomic mass is 16.2. The highest BCUT2D eigenvalue weighted by molar-refractivity contribution is 5.84. The number of rotatable bonds is 5. The van der Waals surface area contributed by atoms with Crippen molar-refractivity contribution in [1.29, 1.82) is 0 Å². The summed E-state index contributed by atoms with van der Waals surface area (Å²) in [7, 11) is 0. The summed E-state index contributed by atoms with van der Waals surface area (Å²) in [5.41, 5.74) is 3.89. The molecule has 0 bridgehead atoms. The predicted octanol–water partition coefficient (Wildman–Crippen LogP) is 1.68. The molecule has 0 radical (unpaired) electrons. The Bertz CT molecular complexity index is 619. The Hall–Kier alpha value is -2.48. The molecule has 0 aliphatic heterocycles. The van der Waals surface area contributed by atoms with Crippen molar-refractivity contribution in [2.45, 2.75) is 38.6 Å². The van der Waals surface area contributed by atoms with Crippen molar-refractivity contribution in [3.05, 3.63) is 34.9 Å². The molecule has 1 aliphatic rings. The van der Waals surface area contributed by atoms with E-state index in [1.165, 1.54) is 24.0 Å². The van der Waals surface area contributed by atoms with Gasteiger partial charge in [0.2, 0.25) is 5.91 Å². The number of nitrogens with one attached hydrogen (secondary N) is 3. The van der Waals surface area contributed by atoms with E-state index in [1.807, 2.05) is 6.92 Å². The Morgan fingerprint density at radius 1 is 1.22 bits per heavy atom. The molecule has 1 aromatic carbocycles. The summed E-state index contributed by atoms with van der Waals surface area (Å²) in [5, 5.41) is 7.86. The van der Waals surface area contributed by atoms with Gasteiger partial charge in [0.25, 0.3) is 0 Å². The molecule has 0 aromatic heterocycles. The van der Waals surface area contributed by atoms with Crippen LogP contribution in [0.1, 0.15) is 42.5 Å². The molecule has 1 atom stereocenters. The average molecular weight is 313 g/mol. The van der Waals surface area contributed by atoms with E-state index >= 15 is 0 Å². The van der Waals surface area contributed by atoms with E-state index in [0.717, 1.165) is 18.4 Å². The van der Waals surface area contributed by atoms with Crippen molar-refractivity contribution < 1.29 is 9.59 Å². The average Bonchev–Trinajstić information content (AvgIpc) is 2.57. The van der Waals surface area contributed by atoms with Crippen molar-refractivity contribution >= 4 is 11.9 Å². The first-order chi connectivity index (χ1) is 11.1. The van der Waals surface area contributed by atoms with Crippen LogP contribution in [-0.4, -0.2) is 25.0 Å². The first-order valence-corrected chi connectivity index (χ1v) is 7.96. The summed E-state index contributed by atoms with van der Waals surface area (Å²) in [4.78, 5) is 23.2. The predicted molar refractivity (Wildman–Crippen MR) is 89.9 cm³/mol. The number of aryl methyl sites for hydroxylation is 2. The lowest BCUT2D eigenvalue weighted by Crippen LogP contribution is -2.42. The molecule has 5 nitrogen and oxygen atoms in total. The molecule has 5 heteroatoms. The van der Waals surface area contributed by atoms with Crippen molar-refractivity contribution in [3.63, 3.8) is 0 Å².